The number of aromatic nitrogens is 3. The summed E-state index contributed by atoms with van der Waals surface area (Å²) < 4.78 is 1.94. The zero-order valence-electron chi connectivity index (χ0n) is 16.3. The lowest BCUT2D eigenvalue weighted by molar-refractivity contribution is -0.124. The molecule has 0 unspecified atom stereocenters. The summed E-state index contributed by atoms with van der Waals surface area (Å²) in [5, 5.41) is 3.20. The van der Waals surface area contributed by atoms with E-state index >= 15 is 0 Å². The third kappa shape index (κ3) is 4.25. The van der Waals surface area contributed by atoms with Crippen LogP contribution in [0.25, 0.3) is 0 Å². The summed E-state index contributed by atoms with van der Waals surface area (Å²) in [7, 11) is 0. The van der Waals surface area contributed by atoms with Gasteiger partial charge in [-0.15, -0.1) is 0 Å². The van der Waals surface area contributed by atoms with Gasteiger partial charge in [-0.25, -0.2) is 4.98 Å². The number of hydrogen-bond donors (Lipinski definition) is 1. The summed E-state index contributed by atoms with van der Waals surface area (Å²) >= 11 is 0. The summed E-state index contributed by atoms with van der Waals surface area (Å²) in [4.78, 5) is 21.7. The molecule has 0 spiro atoms. The first-order valence-electron chi connectivity index (χ1n) is 9.27. The molecule has 1 amide bonds. The molecule has 0 aliphatic rings. The van der Waals surface area contributed by atoms with Gasteiger partial charge in [-0.1, -0.05) is 49.7 Å². The van der Waals surface area contributed by atoms with Crippen LogP contribution in [-0.4, -0.2) is 20.4 Å². The third-order valence-corrected chi connectivity index (χ3v) is 4.73. The van der Waals surface area contributed by atoms with Gasteiger partial charge in [0.2, 0.25) is 5.91 Å². The van der Waals surface area contributed by atoms with Crippen LogP contribution in [-0.2, 0) is 4.79 Å². The molecule has 0 saturated heterocycles. The topological polar surface area (TPSA) is 59.8 Å². The number of imidazole rings is 1. The Labute approximate surface area is 160 Å². The van der Waals surface area contributed by atoms with Gasteiger partial charge in [-0.3, -0.25) is 9.78 Å². The summed E-state index contributed by atoms with van der Waals surface area (Å²) in [6.07, 6.45) is 7.15. The molecular formula is C22H26N4O. The Morgan fingerprint density at radius 2 is 1.78 bits per heavy atom. The maximum Gasteiger partial charge on any atom is 0.243 e. The van der Waals surface area contributed by atoms with E-state index in [2.05, 4.69) is 60.3 Å². The van der Waals surface area contributed by atoms with Crippen LogP contribution in [0.4, 0.5) is 0 Å². The van der Waals surface area contributed by atoms with E-state index in [4.69, 9.17) is 0 Å². The SMILES string of the molecule is Cc1ccc([C@H](NC(=O)[C@@H](C)n2ccnc2C(C)C)c2cccnc2)cc1. The highest BCUT2D eigenvalue weighted by atomic mass is 16.2. The first-order valence-corrected chi connectivity index (χ1v) is 9.27. The molecule has 0 fully saturated rings. The van der Waals surface area contributed by atoms with Gasteiger partial charge in [-0.2, -0.15) is 0 Å². The molecule has 0 radical (unpaired) electrons. The first-order chi connectivity index (χ1) is 13.0. The molecule has 5 nitrogen and oxygen atoms in total. The Kier molecular flexibility index (Phi) is 5.69. The van der Waals surface area contributed by atoms with E-state index in [0.717, 1.165) is 17.0 Å². The lowest BCUT2D eigenvalue weighted by Crippen LogP contribution is -2.35. The van der Waals surface area contributed by atoms with Crippen molar-refractivity contribution in [2.24, 2.45) is 0 Å². The predicted octanol–water partition coefficient (Wildman–Crippen LogP) is 4.18. The van der Waals surface area contributed by atoms with Crippen molar-refractivity contribution in [1.29, 1.82) is 0 Å². The maximum absolute atomic E-state index is 13.1. The number of amides is 1. The van der Waals surface area contributed by atoms with E-state index in [1.165, 1.54) is 5.56 Å². The van der Waals surface area contributed by atoms with Gasteiger partial charge in [0, 0.05) is 30.7 Å². The fourth-order valence-corrected chi connectivity index (χ4v) is 3.15. The maximum atomic E-state index is 13.1. The zero-order chi connectivity index (χ0) is 19.4. The molecule has 5 heteroatoms. The lowest BCUT2D eigenvalue weighted by atomic mass is 9.98. The van der Waals surface area contributed by atoms with Crippen molar-refractivity contribution in [3.05, 3.63) is 83.7 Å². The normalized spacial score (nSPS) is 13.4. The number of carbonyl (C=O) groups excluding carboxylic acids is 1. The molecule has 2 atom stereocenters. The highest BCUT2D eigenvalue weighted by Gasteiger charge is 2.23. The standard InChI is InChI=1S/C22H26N4O/c1-15(2)21-24-12-13-26(21)17(4)22(27)25-20(19-6-5-11-23-14-19)18-9-7-16(3)8-10-18/h5-15,17,20H,1-4H3,(H,25,27)/t17-,20+/m1/s1. The second-order valence-corrected chi connectivity index (χ2v) is 7.16. The smallest absolute Gasteiger partial charge is 0.243 e. The number of nitrogens with zero attached hydrogens (tertiary/aromatic N) is 3. The summed E-state index contributed by atoms with van der Waals surface area (Å²) in [6, 6.07) is 11.5. The van der Waals surface area contributed by atoms with Gasteiger partial charge in [0.15, 0.2) is 0 Å². The van der Waals surface area contributed by atoms with E-state index in [9.17, 15) is 4.79 Å². The molecular weight excluding hydrogens is 336 g/mol. The average molecular weight is 362 g/mol. The van der Waals surface area contributed by atoms with Crippen LogP contribution >= 0.6 is 0 Å². The van der Waals surface area contributed by atoms with Gasteiger partial charge < -0.3 is 9.88 Å². The Bertz CT molecular complexity index is 884. The monoisotopic (exact) mass is 362 g/mol. The first kappa shape index (κ1) is 18.8. The number of carbonyl (C=O) groups is 1. The molecule has 1 N–H and O–H groups in total. The number of benzene rings is 1. The molecule has 2 aromatic heterocycles. The third-order valence-electron chi connectivity index (χ3n) is 4.73. The Balaban J connectivity index is 1.88. The fraction of sp³-hybridized carbons (Fsp3) is 0.318. The molecule has 3 rings (SSSR count). The van der Waals surface area contributed by atoms with Crippen LogP contribution in [0.5, 0.6) is 0 Å². The largest absolute Gasteiger partial charge is 0.343 e. The summed E-state index contributed by atoms with van der Waals surface area (Å²) in [5.41, 5.74) is 3.17. The lowest BCUT2D eigenvalue weighted by Gasteiger charge is -2.24. The zero-order valence-corrected chi connectivity index (χ0v) is 16.3. The molecule has 0 saturated carbocycles. The molecule has 1 aromatic carbocycles. The predicted molar refractivity (Wildman–Crippen MR) is 106 cm³/mol. The number of aryl methyl sites for hydroxylation is 1. The molecule has 0 aliphatic carbocycles. The van der Waals surface area contributed by atoms with Crippen LogP contribution in [0.2, 0.25) is 0 Å². The van der Waals surface area contributed by atoms with Crippen LogP contribution in [0.15, 0.2) is 61.2 Å². The minimum atomic E-state index is -0.352. The number of rotatable bonds is 6. The highest BCUT2D eigenvalue weighted by molar-refractivity contribution is 5.81. The van der Waals surface area contributed by atoms with Gasteiger partial charge in [-0.05, 0) is 31.0 Å². The number of nitrogens with one attached hydrogen (secondary N) is 1. The molecule has 0 bridgehead atoms. The van der Waals surface area contributed by atoms with Crippen molar-refractivity contribution in [3.63, 3.8) is 0 Å². The second kappa shape index (κ2) is 8.16. The van der Waals surface area contributed by atoms with Crippen molar-refractivity contribution >= 4 is 5.91 Å². The minimum absolute atomic E-state index is 0.0515. The van der Waals surface area contributed by atoms with E-state index in [1.54, 1.807) is 18.6 Å². The Hall–Kier alpha value is -2.95. The van der Waals surface area contributed by atoms with E-state index in [-0.39, 0.29) is 23.9 Å². The quantitative estimate of drug-likeness (QED) is 0.716. The van der Waals surface area contributed by atoms with Gasteiger partial charge in [0.25, 0.3) is 0 Å². The van der Waals surface area contributed by atoms with Crippen LogP contribution in [0.1, 0.15) is 61.3 Å². The summed E-state index contributed by atoms with van der Waals surface area (Å²) in [5.74, 6) is 1.11. The Morgan fingerprint density at radius 1 is 1.04 bits per heavy atom. The second-order valence-electron chi connectivity index (χ2n) is 7.16. The van der Waals surface area contributed by atoms with Gasteiger partial charge in [0.05, 0.1) is 6.04 Å². The van der Waals surface area contributed by atoms with Crippen LogP contribution in [0, 0.1) is 6.92 Å². The van der Waals surface area contributed by atoms with Crippen LogP contribution in [0.3, 0.4) is 0 Å². The van der Waals surface area contributed by atoms with Crippen LogP contribution < -0.4 is 5.32 Å². The molecule has 27 heavy (non-hydrogen) atoms. The van der Waals surface area contributed by atoms with Crippen molar-refractivity contribution < 1.29 is 4.79 Å². The van der Waals surface area contributed by atoms with E-state index in [0.29, 0.717) is 0 Å². The minimum Gasteiger partial charge on any atom is -0.343 e. The van der Waals surface area contributed by atoms with Crippen molar-refractivity contribution in [3.8, 4) is 0 Å². The summed E-state index contributed by atoms with van der Waals surface area (Å²) in [6.45, 7) is 8.11. The van der Waals surface area contributed by atoms with Crippen molar-refractivity contribution in [1.82, 2.24) is 19.9 Å². The molecule has 0 aliphatic heterocycles. The fourth-order valence-electron chi connectivity index (χ4n) is 3.15. The number of hydrogen-bond acceptors (Lipinski definition) is 3. The van der Waals surface area contributed by atoms with E-state index < -0.39 is 0 Å². The number of pyridine rings is 1. The molecule has 2 heterocycles. The average Bonchev–Trinajstić information content (AvgIpc) is 3.17. The highest BCUT2D eigenvalue weighted by Crippen LogP contribution is 2.24. The van der Waals surface area contributed by atoms with Gasteiger partial charge in [0.1, 0.15) is 11.9 Å². The van der Waals surface area contributed by atoms with Gasteiger partial charge >= 0.3 is 0 Å². The molecule has 3 aromatic rings. The Morgan fingerprint density at radius 3 is 2.41 bits per heavy atom. The molecule has 140 valence electrons. The van der Waals surface area contributed by atoms with E-state index in [1.807, 2.05) is 29.8 Å². The van der Waals surface area contributed by atoms with Crippen molar-refractivity contribution in [2.75, 3.05) is 0 Å². The van der Waals surface area contributed by atoms with Crippen molar-refractivity contribution in [2.45, 2.75) is 45.7 Å².